The van der Waals surface area contributed by atoms with Gasteiger partial charge in [-0.2, -0.15) is 11.8 Å². The van der Waals surface area contributed by atoms with E-state index in [9.17, 15) is 9.59 Å². The van der Waals surface area contributed by atoms with Crippen molar-refractivity contribution in [2.45, 2.75) is 12.2 Å². The first-order chi connectivity index (χ1) is 8.66. The second-order valence-electron chi connectivity index (χ2n) is 3.82. The Labute approximate surface area is 122 Å². The SMILES string of the molecule is O=C1CNC(=O)N1CCCSCc1ccc(Br)s1. The second kappa shape index (κ2) is 6.58. The number of thioether (sulfide) groups is 1. The lowest BCUT2D eigenvalue weighted by Gasteiger charge is -2.11. The number of rotatable bonds is 6. The predicted molar refractivity (Wildman–Crippen MR) is 77.9 cm³/mol. The predicted octanol–water partition coefficient (Wildman–Crippen LogP) is 2.69. The Bertz CT molecular complexity index is 434. The summed E-state index contributed by atoms with van der Waals surface area (Å²) in [6.45, 7) is 0.668. The van der Waals surface area contributed by atoms with E-state index < -0.39 is 0 Å². The molecule has 1 aliphatic heterocycles. The van der Waals surface area contributed by atoms with Crippen molar-refractivity contribution in [2.24, 2.45) is 0 Å². The van der Waals surface area contributed by atoms with Gasteiger partial charge in [0.1, 0.15) is 0 Å². The second-order valence-corrected chi connectivity index (χ2v) is 7.47. The van der Waals surface area contributed by atoms with Crippen molar-refractivity contribution < 1.29 is 9.59 Å². The van der Waals surface area contributed by atoms with Crippen LogP contribution < -0.4 is 5.32 Å². The summed E-state index contributed by atoms with van der Waals surface area (Å²) in [5.41, 5.74) is 0. The number of amides is 3. The molecule has 1 saturated heterocycles. The third kappa shape index (κ3) is 3.73. The third-order valence-electron chi connectivity index (χ3n) is 2.48. The molecule has 2 rings (SSSR count). The number of hydrogen-bond donors (Lipinski definition) is 1. The van der Waals surface area contributed by atoms with E-state index in [4.69, 9.17) is 0 Å². The average molecular weight is 349 g/mol. The van der Waals surface area contributed by atoms with Crippen molar-refractivity contribution in [2.75, 3.05) is 18.8 Å². The molecule has 1 aromatic heterocycles. The molecule has 0 bridgehead atoms. The molecule has 4 nitrogen and oxygen atoms in total. The van der Waals surface area contributed by atoms with E-state index in [0.717, 1.165) is 21.7 Å². The van der Waals surface area contributed by atoms with Gasteiger partial charge in [0.2, 0.25) is 5.91 Å². The van der Waals surface area contributed by atoms with Crippen molar-refractivity contribution in [3.05, 3.63) is 20.8 Å². The first-order valence-corrected chi connectivity index (χ1v) is 8.33. The van der Waals surface area contributed by atoms with Gasteiger partial charge in [0.15, 0.2) is 0 Å². The van der Waals surface area contributed by atoms with Crippen LogP contribution in [0.25, 0.3) is 0 Å². The van der Waals surface area contributed by atoms with Gasteiger partial charge < -0.3 is 5.32 Å². The van der Waals surface area contributed by atoms with Crippen molar-refractivity contribution in [1.82, 2.24) is 10.2 Å². The number of carbonyl (C=O) groups excluding carboxylic acids is 2. The van der Waals surface area contributed by atoms with Crippen LogP contribution in [0.1, 0.15) is 11.3 Å². The highest BCUT2D eigenvalue weighted by Crippen LogP contribution is 2.25. The molecule has 0 spiro atoms. The Morgan fingerprint density at radius 1 is 1.44 bits per heavy atom. The van der Waals surface area contributed by atoms with Gasteiger partial charge in [0.05, 0.1) is 10.3 Å². The minimum absolute atomic E-state index is 0.118. The van der Waals surface area contributed by atoms with Crippen LogP contribution in [0.2, 0.25) is 0 Å². The van der Waals surface area contributed by atoms with Gasteiger partial charge in [-0.05, 0) is 40.2 Å². The molecule has 0 unspecified atom stereocenters. The van der Waals surface area contributed by atoms with Crippen LogP contribution >= 0.6 is 39.0 Å². The van der Waals surface area contributed by atoms with Crippen LogP contribution in [0.4, 0.5) is 4.79 Å². The molecule has 0 aliphatic carbocycles. The van der Waals surface area contributed by atoms with E-state index in [1.54, 1.807) is 11.3 Å². The molecule has 0 aromatic carbocycles. The first kappa shape index (κ1) is 13.9. The fourth-order valence-electron chi connectivity index (χ4n) is 1.61. The molecule has 1 N–H and O–H groups in total. The summed E-state index contributed by atoms with van der Waals surface area (Å²) in [7, 11) is 0. The summed E-state index contributed by atoms with van der Waals surface area (Å²) in [5.74, 6) is 1.82. The maximum absolute atomic E-state index is 11.3. The summed E-state index contributed by atoms with van der Waals surface area (Å²) < 4.78 is 1.15. The van der Waals surface area contributed by atoms with Gasteiger partial charge in [-0.15, -0.1) is 11.3 Å². The molecule has 0 radical (unpaired) electrons. The average Bonchev–Trinajstić information content (AvgIpc) is 2.88. The van der Waals surface area contributed by atoms with Crippen LogP contribution in [-0.2, 0) is 10.5 Å². The van der Waals surface area contributed by atoms with Gasteiger partial charge in [-0.3, -0.25) is 9.69 Å². The number of imide groups is 1. The van der Waals surface area contributed by atoms with E-state index in [-0.39, 0.29) is 18.5 Å². The lowest BCUT2D eigenvalue weighted by atomic mass is 10.4. The lowest BCUT2D eigenvalue weighted by Crippen LogP contribution is -2.32. The smallest absolute Gasteiger partial charge is 0.324 e. The molecule has 18 heavy (non-hydrogen) atoms. The zero-order chi connectivity index (χ0) is 13.0. The number of hydrogen-bond acceptors (Lipinski definition) is 4. The van der Waals surface area contributed by atoms with E-state index in [0.29, 0.717) is 6.54 Å². The molecule has 2 heterocycles. The summed E-state index contributed by atoms with van der Waals surface area (Å²) in [4.78, 5) is 25.2. The molecule has 0 atom stereocenters. The van der Waals surface area contributed by atoms with E-state index in [2.05, 4.69) is 27.3 Å². The monoisotopic (exact) mass is 348 g/mol. The Hall–Kier alpha value is -0.530. The van der Waals surface area contributed by atoms with Gasteiger partial charge in [0.25, 0.3) is 0 Å². The quantitative estimate of drug-likeness (QED) is 0.635. The highest BCUT2D eigenvalue weighted by atomic mass is 79.9. The highest BCUT2D eigenvalue weighted by Gasteiger charge is 2.27. The van der Waals surface area contributed by atoms with Crippen LogP contribution in [0.3, 0.4) is 0 Å². The molecule has 3 amide bonds. The third-order valence-corrected chi connectivity index (χ3v) is 5.38. The van der Waals surface area contributed by atoms with Crippen molar-refractivity contribution >= 4 is 51.0 Å². The van der Waals surface area contributed by atoms with Gasteiger partial charge >= 0.3 is 6.03 Å². The maximum atomic E-state index is 11.3. The summed E-state index contributed by atoms with van der Waals surface area (Å²) in [5, 5.41) is 2.52. The van der Waals surface area contributed by atoms with Gasteiger partial charge in [0, 0.05) is 17.2 Å². The van der Waals surface area contributed by atoms with Crippen LogP contribution in [0.15, 0.2) is 15.9 Å². The molecule has 1 aliphatic rings. The minimum atomic E-state index is -0.257. The zero-order valence-electron chi connectivity index (χ0n) is 9.65. The van der Waals surface area contributed by atoms with Crippen molar-refractivity contribution in [1.29, 1.82) is 0 Å². The molecule has 1 aromatic rings. The van der Waals surface area contributed by atoms with Crippen LogP contribution in [-0.4, -0.2) is 35.7 Å². The molecule has 98 valence electrons. The Balaban J connectivity index is 1.61. The van der Waals surface area contributed by atoms with Crippen molar-refractivity contribution in [3.8, 4) is 0 Å². The van der Waals surface area contributed by atoms with E-state index >= 15 is 0 Å². The highest BCUT2D eigenvalue weighted by molar-refractivity contribution is 9.11. The standard InChI is InChI=1S/C11H13BrN2O2S2/c12-9-3-2-8(18-9)7-17-5-1-4-14-10(15)6-13-11(14)16/h2-3H,1,4-7H2,(H,13,16). The van der Waals surface area contributed by atoms with Gasteiger partial charge in [-0.1, -0.05) is 0 Å². The summed E-state index contributed by atoms with van der Waals surface area (Å²) >= 11 is 7.00. The molecule has 1 fully saturated rings. The van der Waals surface area contributed by atoms with Crippen molar-refractivity contribution in [3.63, 3.8) is 0 Å². The molecule has 7 heteroatoms. The van der Waals surface area contributed by atoms with Gasteiger partial charge in [-0.25, -0.2) is 4.79 Å². The molecular formula is C11H13BrN2O2S2. The number of urea groups is 1. The van der Waals surface area contributed by atoms with Crippen LogP contribution in [0.5, 0.6) is 0 Å². The number of halogens is 1. The van der Waals surface area contributed by atoms with E-state index in [1.807, 2.05) is 17.8 Å². The number of nitrogens with one attached hydrogen (secondary N) is 1. The summed E-state index contributed by atoms with van der Waals surface area (Å²) in [6.07, 6.45) is 0.844. The minimum Gasteiger partial charge on any atom is -0.329 e. The Kier molecular flexibility index (Phi) is 5.08. The number of carbonyl (C=O) groups is 2. The number of thiophene rings is 1. The summed E-state index contributed by atoms with van der Waals surface area (Å²) in [6, 6.07) is 3.90. The molecular weight excluding hydrogens is 336 g/mol. The maximum Gasteiger partial charge on any atom is 0.324 e. The number of nitrogens with zero attached hydrogens (tertiary/aromatic N) is 1. The Morgan fingerprint density at radius 3 is 2.89 bits per heavy atom. The largest absolute Gasteiger partial charge is 0.329 e. The zero-order valence-corrected chi connectivity index (χ0v) is 12.9. The first-order valence-electron chi connectivity index (χ1n) is 5.57. The fraction of sp³-hybridized carbons (Fsp3) is 0.455. The topological polar surface area (TPSA) is 49.4 Å². The Morgan fingerprint density at radius 2 is 2.28 bits per heavy atom. The van der Waals surface area contributed by atoms with Crippen LogP contribution in [0, 0.1) is 0 Å². The normalized spacial score (nSPS) is 15.3. The fourth-order valence-corrected chi connectivity index (χ4v) is 4.15. The lowest BCUT2D eigenvalue weighted by molar-refractivity contribution is -0.124. The molecule has 0 saturated carbocycles. The van der Waals surface area contributed by atoms with E-state index in [1.165, 1.54) is 9.78 Å².